The molecule has 0 radical (unpaired) electrons. The standard InChI is InChI=1S/C17H14Cl2N2O2/c18-11-4-3-5-12(10-11)21-9-8-13(17(21)23)16(22)20-15-7-2-1-6-14(15)19/h1-7,10,13H,8-9H2,(H,20,22). The first-order valence-corrected chi connectivity index (χ1v) is 7.94. The number of anilines is 2. The van der Waals surface area contributed by atoms with Gasteiger partial charge in [-0.1, -0.05) is 41.4 Å². The number of amides is 2. The molecule has 3 rings (SSSR count). The molecule has 1 heterocycles. The van der Waals surface area contributed by atoms with Gasteiger partial charge in [-0.15, -0.1) is 0 Å². The fourth-order valence-electron chi connectivity index (χ4n) is 2.61. The predicted octanol–water partition coefficient (Wildman–Crippen LogP) is 3.99. The highest BCUT2D eigenvalue weighted by atomic mass is 35.5. The number of benzene rings is 2. The molecule has 0 saturated carbocycles. The SMILES string of the molecule is O=C(Nc1ccccc1Cl)C1CCN(c2cccc(Cl)c2)C1=O. The number of carbonyl (C=O) groups excluding carboxylic acids is 2. The number of nitrogens with zero attached hydrogens (tertiary/aromatic N) is 1. The first-order chi connectivity index (χ1) is 11.1. The van der Waals surface area contributed by atoms with Crippen molar-refractivity contribution in [1.82, 2.24) is 0 Å². The van der Waals surface area contributed by atoms with E-state index in [4.69, 9.17) is 23.2 Å². The summed E-state index contributed by atoms with van der Waals surface area (Å²) in [5, 5.41) is 3.72. The molecule has 0 aliphatic carbocycles. The number of para-hydroxylation sites is 1. The summed E-state index contributed by atoms with van der Waals surface area (Å²) in [6, 6.07) is 14.0. The summed E-state index contributed by atoms with van der Waals surface area (Å²) in [5.74, 6) is -1.28. The topological polar surface area (TPSA) is 49.4 Å². The molecule has 0 spiro atoms. The van der Waals surface area contributed by atoms with Crippen LogP contribution in [0, 0.1) is 5.92 Å². The molecule has 1 unspecified atom stereocenters. The summed E-state index contributed by atoms with van der Waals surface area (Å²) >= 11 is 12.0. The van der Waals surface area contributed by atoms with Crippen LogP contribution in [0.1, 0.15) is 6.42 Å². The van der Waals surface area contributed by atoms with Crippen LogP contribution in [-0.2, 0) is 9.59 Å². The van der Waals surface area contributed by atoms with E-state index in [0.29, 0.717) is 34.4 Å². The van der Waals surface area contributed by atoms with Gasteiger partial charge in [-0.05, 0) is 36.8 Å². The van der Waals surface area contributed by atoms with E-state index < -0.39 is 5.92 Å². The Morgan fingerprint density at radius 3 is 2.65 bits per heavy atom. The van der Waals surface area contributed by atoms with E-state index in [9.17, 15) is 9.59 Å². The summed E-state index contributed by atoms with van der Waals surface area (Å²) in [6.07, 6.45) is 0.460. The molecule has 23 heavy (non-hydrogen) atoms. The summed E-state index contributed by atoms with van der Waals surface area (Å²) in [5.41, 5.74) is 1.21. The zero-order valence-electron chi connectivity index (χ0n) is 12.1. The lowest BCUT2D eigenvalue weighted by Crippen LogP contribution is -2.33. The van der Waals surface area contributed by atoms with Crippen LogP contribution < -0.4 is 10.2 Å². The second-order valence-corrected chi connectivity index (χ2v) is 6.12. The Balaban J connectivity index is 1.74. The molecule has 1 atom stereocenters. The molecule has 1 fully saturated rings. The zero-order chi connectivity index (χ0) is 16.4. The van der Waals surface area contributed by atoms with Gasteiger partial charge in [0.25, 0.3) is 0 Å². The van der Waals surface area contributed by atoms with Gasteiger partial charge in [0.1, 0.15) is 5.92 Å². The van der Waals surface area contributed by atoms with Crippen LogP contribution in [0.25, 0.3) is 0 Å². The fraction of sp³-hybridized carbons (Fsp3) is 0.176. The third-order valence-electron chi connectivity index (χ3n) is 3.77. The molecule has 6 heteroatoms. The molecule has 1 aliphatic rings. The number of hydrogen-bond donors (Lipinski definition) is 1. The smallest absolute Gasteiger partial charge is 0.239 e. The maximum atomic E-state index is 12.5. The first kappa shape index (κ1) is 15.8. The molecule has 1 N–H and O–H groups in total. The lowest BCUT2D eigenvalue weighted by Gasteiger charge is -2.17. The van der Waals surface area contributed by atoms with Crippen LogP contribution in [0.5, 0.6) is 0 Å². The molecule has 2 amide bonds. The van der Waals surface area contributed by atoms with Crippen molar-refractivity contribution >= 4 is 46.4 Å². The van der Waals surface area contributed by atoms with Crippen molar-refractivity contribution < 1.29 is 9.59 Å². The van der Waals surface area contributed by atoms with Crippen molar-refractivity contribution in [2.24, 2.45) is 5.92 Å². The number of carbonyl (C=O) groups is 2. The van der Waals surface area contributed by atoms with Gasteiger partial charge in [0, 0.05) is 17.3 Å². The van der Waals surface area contributed by atoms with E-state index in [1.807, 2.05) is 0 Å². The Bertz CT molecular complexity index is 764. The largest absolute Gasteiger partial charge is 0.324 e. The fourth-order valence-corrected chi connectivity index (χ4v) is 2.97. The molecule has 1 saturated heterocycles. The van der Waals surface area contributed by atoms with Crippen LogP contribution in [0.2, 0.25) is 10.0 Å². The first-order valence-electron chi connectivity index (χ1n) is 7.18. The molecular formula is C17H14Cl2N2O2. The van der Waals surface area contributed by atoms with Gasteiger partial charge in [0.2, 0.25) is 11.8 Å². The number of nitrogens with one attached hydrogen (secondary N) is 1. The van der Waals surface area contributed by atoms with E-state index in [1.54, 1.807) is 53.4 Å². The highest BCUT2D eigenvalue weighted by Gasteiger charge is 2.37. The van der Waals surface area contributed by atoms with Gasteiger partial charge in [-0.2, -0.15) is 0 Å². The van der Waals surface area contributed by atoms with E-state index in [-0.39, 0.29) is 11.8 Å². The van der Waals surface area contributed by atoms with Gasteiger partial charge < -0.3 is 10.2 Å². The lowest BCUT2D eigenvalue weighted by molar-refractivity contribution is -0.129. The maximum absolute atomic E-state index is 12.5. The Hall–Kier alpha value is -2.04. The van der Waals surface area contributed by atoms with Gasteiger partial charge in [0.05, 0.1) is 10.7 Å². The highest BCUT2D eigenvalue weighted by molar-refractivity contribution is 6.34. The Kier molecular flexibility index (Phi) is 4.55. The minimum absolute atomic E-state index is 0.225. The lowest BCUT2D eigenvalue weighted by atomic mass is 10.1. The van der Waals surface area contributed by atoms with Crippen LogP contribution in [0.4, 0.5) is 11.4 Å². The van der Waals surface area contributed by atoms with Crippen LogP contribution in [0.15, 0.2) is 48.5 Å². The third kappa shape index (κ3) is 3.33. The summed E-state index contributed by atoms with van der Waals surface area (Å²) in [7, 11) is 0. The summed E-state index contributed by atoms with van der Waals surface area (Å²) in [4.78, 5) is 26.5. The molecule has 4 nitrogen and oxygen atoms in total. The average molecular weight is 349 g/mol. The second-order valence-electron chi connectivity index (χ2n) is 5.28. The van der Waals surface area contributed by atoms with Gasteiger partial charge in [0.15, 0.2) is 0 Å². The predicted molar refractivity (Wildman–Crippen MR) is 92.0 cm³/mol. The summed E-state index contributed by atoms with van der Waals surface area (Å²) in [6.45, 7) is 0.486. The number of rotatable bonds is 3. The van der Waals surface area contributed by atoms with Crippen molar-refractivity contribution in [3.63, 3.8) is 0 Å². The van der Waals surface area contributed by atoms with E-state index >= 15 is 0 Å². The minimum Gasteiger partial charge on any atom is -0.324 e. The van der Waals surface area contributed by atoms with Gasteiger partial charge >= 0.3 is 0 Å². The number of hydrogen-bond acceptors (Lipinski definition) is 2. The molecule has 118 valence electrons. The van der Waals surface area contributed by atoms with Crippen molar-refractivity contribution in [1.29, 1.82) is 0 Å². The normalized spacial score (nSPS) is 17.4. The molecule has 0 aromatic heterocycles. The minimum atomic E-state index is -0.717. The van der Waals surface area contributed by atoms with E-state index in [1.165, 1.54) is 0 Å². The van der Waals surface area contributed by atoms with Crippen LogP contribution >= 0.6 is 23.2 Å². The quantitative estimate of drug-likeness (QED) is 0.852. The average Bonchev–Trinajstić information content (AvgIpc) is 2.91. The van der Waals surface area contributed by atoms with Gasteiger partial charge in [-0.3, -0.25) is 9.59 Å². The summed E-state index contributed by atoms with van der Waals surface area (Å²) < 4.78 is 0. The van der Waals surface area contributed by atoms with Gasteiger partial charge in [-0.25, -0.2) is 0 Å². The molecule has 1 aliphatic heterocycles. The van der Waals surface area contributed by atoms with Crippen molar-refractivity contribution in [2.45, 2.75) is 6.42 Å². The van der Waals surface area contributed by atoms with Crippen LogP contribution in [0.3, 0.4) is 0 Å². The van der Waals surface area contributed by atoms with Crippen LogP contribution in [-0.4, -0.2) is 18.4 Å². The monoisotopic (exact) mass is 348 g/mol. The zero-order valence-corrected chi connectivity index (χ0v) is 13.6. The van der Waals surface area contributed by atoms with E-state index in [0.717, 1.165) is 0 Å². The molecule has 2 aromatic rings. The van der Waals surface area contributed by atoms with E-state index in [2.05, 4.69) is 5.32 Å². The highest BCUT2D eigenvalue weighted by Crippen LogP contribution is 2.29. The Labute approximate surface area is 144 Å². The number of halogens is 2. The molecular weight excluding hydrogens is 335 g/mol. The molecule has 2 aromatic carbocycles. The third-order valence-corrected chi connectivity index (χ3v) is 4.34. The Morgan fingerprint density at radius 2 is 1.91 bits per heavy atom. The molecule has 0 bridgehead atoms. The second kappa shape index (κ2) is 6.60. The Morgan fingerprint density at radius 1 is 1.13 bits per heavy atom. The van der Waals surface area contributed by atoms with Crippen molar-refractivity contribution in [2.75, 3.05) is 16.8 Å². The van der Waals surface area contributed by atoms with Crippen molar-refractivity contribution in [3.8, 4) is 0 Å². The maximum Gasteiger partial charge on any atom is 0.239 e. The van der Waals surface area contributed by atoms with Crippen molar-refractivity contribution in [3.05, 3.63) is 58.6 Å².